The van der Waals surface area contributed by atoms with Crippen LogP contribution in [-0.2, 0) is 4.79 Å². The predicted octanol–water partition coefficient (Wildman–Crippen LogP) is 2.38. The third-order valence-corrected chi connectivity index (χ3v) is 3.25. The highest BCUT2D eigenvalue weighted by atomic mass is 35.5. The van der Waals surface area contributed by atoms with E-state index in [-0.39, 0.29) is 12.4 Å². The standard InChI is InChI=1S/C17H15ClN2O4/c1-11(21)12-4-3-7-15(9-12)24-10-16(22)19-20-17(23)13-5-2-6-14(18)8-13/h2-9H,10H2,1H3,(H,19,22)(H,20,23). The van der Waals surface area contributed by atoms with Crippen molar-refractivity contribution in [2.24, 2.45) is 0 Å². The van der Waals surface area contributed by atoms with Gasteiger partial charge >= 0.3 is 0 Å². The van der Waals surface area contributed by atoms with Gasteiger partial charge in [-0.1, -0.05) is 29.8 Å². The van der Waals surface area contributed by atoms with Crippen molar-refractivity contribution in [3.8, 4) is 5.75 Å². The van der Waals surface area contributed by atoms with Crippen LogP contribution >= 0.6 is 11.6 Å². The molecule has 6 nitrogen and oxygen atoms in total. The molecular weight excluding hydrogens is 332 g/mol. The molecule has 0 aliphatic rings. The summed E-state index contributed by atoms with van der Waals surface area (Å²) in [7, 11) is 0. The summed E-state index contributed by atoms with van der Waals surface area (Å²) in [6.45, 7) is 1.13. The van der Waals surface area contributed by atoms with Crippen molar-refractivity contribution in [3.63, 3.8) is 0 Å². The van der Waals surface area contributed by atoms with Gasteiger partial charge in [-0.15, -0.1) is 0 Å². The summed E-state index contributed by atoms with van der Waals surface area (Å²) >= 11 is 5.79. The van der Waals surface area contributed by atoms with Crippen LogP contribution in [0.1, 0.15) is 27.6 Å². The first kappa shape index (κ1) is 17.5. The van der Waals surface area contributed by atoms with Gasteiger partial charge in [-0.3, -0.25) is 25.2 Å². The van der Waals surface area contributed by atoms with Crippen molar-refractivity contribution in [2.75, 3.05) is 6.61 Å². The zero-order valence-electron chi connectivity index (χ0n) is 12.8. The highest BCUT2D eigenvalue weighted by Crippen LogP contribution is 2.13. The fourth-order valence-corrected chi connectivity index (χ4v) is 2.01. The Morgan fingerprint density at radius 2 is 1.71 bits per heavy atom. The molecule has 0 bridgehead atoms. The largest absolute Gasteiger partial charge is 0.484 e. The van der Waals surface area contributed by atoms with Crippen LogP contribution in [0, 0.1) is 0 Å². The average molecular weight is 347 g/mol. The van der Waals surface area contributed by atoms with Crippen LogP contribution in [0.25, 0.3) is 0 Å². The monoisotopic (exact) mass is 346 g/mol. The number of carbonyl (C=O) groups is 3. The maximum absolute atomic E-state index is 11.8. The van der Waals surface area contributed by atoms with Crippen molar-refractivity contribution in [3.05, 3.63) is 64.7 Å². The molecule has 2 amide bonds. The lowest BCUT2D eigenvalue weighted by Gasteiger charge is -2.09. The minimum atomic E-state index is -0.543. The number of hydrazine groups is 1. The zero-order chi connectivity index (χ0) is 17.5. The average Bonchev–Trinajstić information content (AvgIpc) is 2.58. The Balaban J connectivity index is 1.82. The lowest BCUT2D eigenvalue weighted by Crippen LogP contribution is -2.43. The van der Waals surface area contributed by atoms with Crippen LogP contribution in [0.4, 0.5) is 0 Å². The molecule has 7 heteroatoms. The van der Waals surface area contributed by atoms with Crippen LogP contribution in [0.15, 0.2) is 48.5 Å². The number of halogens is 1. The lowest BCUT2D eigenvalue weighted by molar-refractivity contribution is -0.123. The highest BCUT2D eigenvalue weighted by molar-refractivity contribution is 6.30. The molecule has 0 aromatic heterocycles. The first-order chi connectivity index (χ1) is 11.5. The number of amides is 2. The Morgan fingerprint density at radius 1 is 1.00 bits per heavy atom. The molecule has 2 aromatic carbocycles. The van der Waals surface area contributed by atoms with Crippen molar-refractivity contribution in [1.29, 1.82) is 0 Å². The van der Waals surface area contributed by atoms with Gasteiger partial charge < -0.3 is 4.74 Å². The molecule has 0 saturated carbocycles. The summed E-state index contributed by atoms with van der Waals surface area (Å²) in [4.78, 5) is 34.8. The second kappa shape index (κ2) is 8.12. The summed E-state index contributed by atoms with van der Waals surface area (Å²) in [5.74, 6) is -0.749. The number of ketones is 1. The van der Waals surface area contributed by atoms with Crippen LogP contribution in [0.5, 0.6) is 5.75 Å². The molecule has 2 rings (SSSR count). The van der Waals surface area contributed by atoms with Crippen LogP contribution in [0.2, 0.25) is 5.02 Å². The summed E-state index contributed by atoms with van der Waals surface area (Å²) in [5.41, 5.74) is 5.30. The van der Waals surface area contributed by atoms with E-state index in [2.05, 4.69) is 10.9 Å². The second-order valence-corrected chi connectivity index (χ2v) is 5.32. The number of ether oxygens (including phenoxy) is 1. The van der Waals surface area contributed by atoms with Crippen molar-refractivity contribution in [2.45, 2.75) is 6.92 Å². The normalized spacial score (nSPS) is 9.92. The maximum Gasteiger partial charge on any atom is 0.276 e. The van der Waals surface area contributed by atoms with Gasteiger partial charge in [-0.05, 0) is 37.3 Å². The van der Waals surface area contributed by atoms with Gasteiger partial charge in [0.2, 0.25) is 0 Å². The van der Waals surface area contributed by atoms with Gasteiger partial charge in [0, 0.05) is 16.1 Å². The summed E-state index contributed by atoms with van der Waals surface area (Å²) in [6.07, 6.45) is 0. The first-order valence-electron chi connectivity index (χ1n) is 7.04. The Bertz CT molecular complexity index is 777. The SMILES string of the molecule is CC(=O)c1cccc(OCC(=O)NNC(=O)c2cccc(Cl)c2)c1. The molecule has 2 N–H and O–H groups in total. The number of nitrogens with one attached hydrogen (secondary N) is 2. The molecule has 0 unspecified atom stereocenters. The number of hydrogen-bond acceptors (Lipinski definition) is 4. The highest BCUT2D eigenvalue weighted by Gasteiger charge is 2.09. The molecule has 124 valence electrons. The van der Waals surface area contributed by atoms with E-state index >= 15 is 0 Å². The quantitative estimate of drug-likeness (QED) is 0.643. The predicted molar refractivity (Wildman–Crippen MR) is 89.0 cm³/mol. The lowest BCUT2D eigenvalue weighted by atomic mass is 10.1. The molecule has 0 spiro atoms. The molecular formula is C17H15ClN2O4. The fraction of sp³-hybridized carbons (Fsp3) is 0.118. The number of benzene rings is 2. The molecule has 0 radical (unpaired) electrons. The number of rotatable bonds is 5. The second-order valence-electron chi connectivity index (χ2n) is 4.89. The van der Waals surface area contributed by atoms with Gasteiger partial charge in [-0.2, -0.15) is 0 Å². The number of carbonyl (C=O) groups excluding carboxylic acids is 3. The zero-order valence-corrected chi connectivity index (χ0v) is 13.6. The Hall–Kier alpha value is -2.86. The van der Waals surface area contributed by atoms with E-state index in [9.17, 15) is 14.4 Å². The minimum absolute atomic E-state index is 0.0984. The van der Waals surface area contributed by atoms with Gasteiger partial charge in [0.1, 0.15) is 5.75 Å². The molecule has 24 heavy (non-hydrogen) atoms. The smallest absolute Gasteiger partial charge is 0.276 e. The minimum Gasteiger partial charge on any atom is -0.484 e. The summed E-state index contributed by atoms with van der Waals surface area (Å²) < 4.78 is 5.28. The van der Waals surface area contributed by atoms with Crippen LogP contribution in [-0.4, -0.2) is 24.2 Å². The van der Waals surface area contributed by atoms with Gasteiger partial charge in [0.25, 0.3) is 11.8 Å². The van der Waals surface area contributed by atoms with E-state index < -0.39 is 11.8 Å². The van der Waals surface area contributed by atoms with Gasteiger partial charge in [0.15, 0.2) is 12.4 Å². The third-order valence-electron chi connectivity index (χ3n) is 3.01. The number of hydrogen-bond donors (Lipinski definition) is 2. The van der Waals surface area contributed by atoms with Crippen LogP contribution in [0.3, 0.4) is 0 Å². The van der Waals surface area contributed by atoms with Crippen molar-refractivity contribution < 1.29 is 19.1 Å². The Kier molecular flexibility index (Phi) is 5.92. The molecule has 2 aromatic rings. The third kappa shape index (κ3) is 5.10. The fourth-order valence-electron chi connectivity index (χ4n) is 1.82. The first-order valence-corrected chi connectivity index (χ1v) is 7.42. The van der Waals surface area contributed by atoms with E-state index in [0.717, 1.165) is 0 Å². The van der Waals surface area contributed by atoms with E-state index in [1.165, 1.54) is 13.0 Å². The summed E-state index contributed by atoms with van der Waals surface area (Å²) in [5, 5.41) is 0.419. The van der Waals surface area contributed by atoms with E-state index in [1.54, 1.807) is 42.5 Å². The Labute approximate surface area is 143 Å². The van der Waals surface area contributed by atoms with E-state index in [4.69, 9.17) is 16.3 Å². The molecule has 0 aliphatic carbocycles. The molecule has 0 fully saturated rings. The molecule has 0 saturated heterocycles. The van der Waals surface area contributed by atoms with Crippen molar-refractivity contribution >= 4 is 29.2 Å². The van der Waals surface area contributed by atoms with Gasteiger partial charge in [-0.25, -0.2) is 0 Å². The van der Waals surface area contributed by atoms with E-state index in [1.807, 2.05) is 0 Å². The molecule has 0 aliphatic heterocycles. The Morgan fingerprint density at radius 3 is 2.42 bits per heavy atom. The molecule has 0 heterocycles. The van der Waals surface area contributed by atoms with Gasteiger partial charge in [0.05, 0.1) is 0 Å². The maximum atomic E-state index is 11.8. The van der Waals surface area contributed by atoms with Crippen LogP contribution < -0.4 is 15.6 Å². The number of Topliss-reactive ketones (excluding diaryl/α,β-unsaturated/α-hetero) is 1. The summed E-state index contributed by atoms with van der Waals surface area (Å²) in [6, 6.07) is 12.8. The van der Waals surface area contributed by atoms with Crippen molar-refractivity contribution in [1.82, 2.24) is 10.9 Å². The topological polar surface area (TPSA) is 84.5 Å². The van der Waals surface area contributed by atoms with E-state index in [0.29, 0.717) is 21.9 Å². The molecule has 0 atom stereocenters.